The average Bonchev–Trinajstić information content (AvgIpc) is 2.87. The van der Waals surface area contributed by atoms with Crippen LogP contribution in [0.3, 0.4) is 0 Å². The van der Waals surface area contributed by atoms with E-state index in [2.05, 4.69) is 10.3 Å². The molecule has 0 fully saturated rings. The number of hydrogen-bond donors (Lipinski definition) is 2. The number of benzene rings is 1. The average molecular weight is 268 g/mol. The minimum Gasteiger partial charge on any atom is -0.325 e. The lowest BCUT2D eigenvalue weighted by molar-refractivity contribution is 0.102. The Labute approximate surface area is 116 Å². The van der Waals surface area contributed by atoms with Crippen LogP contribution in [0, 0.1) is 6.92 Å². The molecule has 1 aliphatic rings. The number of aromatic nitrogens is 1. The topological polar surface area (TPSA) is 62.0 Å². The second kappa shape index (κ2) is 4.96. The zero-order chi connectivity index (χ0) is 14.1. The fourth-order valence-corrected chi connectivity index (χ4v) is 2.58. The van der Waals surface area contributed by atoms with Crippen LogP contribution in [-0.2, 0) is 12.8 Å². The summed E-state index contributed by atoms with van der Waals surface area (Å²) < 4.78 is 0. The molecule has 1 aromatic carbocycles. The standard InChI is InChI=1S/C16H16N2O2/c1-10-5-2-3-7-13(10)17-15(19)12-9-11-6-4-8-14(11)18-16(12)20/h2-3,5,7,9H,4,6,8H2,1H3,(H,17,19)(H,18,20). The van der Waals surface area contributed by atoms with Gasteiger partial charge >= 0.3 is 0 Å². The van der Waals surface area contributed by atoms with Gasteiger partial charge in [0.1, 0.15) is 5.56 Å². The molecule has 0 saturated carbocycles. The van der Waals surface area contributed by atoms with Crippen LogP contribution in [0.2, 0.25) is 0 Å². The summed E-state index contributed by atoms with van der Waals surface area (Å²) in [5.41, 5.74) is 3.64. The smallest absolute Gasteiger partial charge is 0.261 e. The van der Waals surface area contributed by atoms with Crippen molar-refractivity contribution in [3.8, 4) is 0 Å². The molecular weight excluding hydrogens is 252 g/mol. The first kappa shape index (κ1) is 12.7. The maximum Gasteiger partial charge on any atom is 0.261 e. The van der Waals surface area contributed by atoms with Gasteiger partial charge in [0, 0.05) is 11.4 Å². The van der Waals surface area contributed by atoms with Crippen LogP contribution in [0.1, 0.15) is 33.6 Å². The summed E-state index contributed by atoms with van der Waals surface area (Å²) in [6.45, 7) is 1.92. The molecule has 0 saturated heterocycles. The molecule has 1 amide bonds. The second-order valence-corrected chi connectivity index (χ2v) is 5.14. The minimum atomic E-state index is -0.352. The van der Waals surface area contributed by atoms with Gasteiger partial charge in [-0.1, -0.05) is 18.2 Å². The molecule has 0 atom stereocenters. The van der Waals surface area contributed by atoms with Gasteiger partial charge < -0.3 is 10.3 Å². The highest BCUT2D eigenvalue weighted by Crippen LogP contribution is 2.19. The molecular formula is C16H16N2O2. The number of pyridine rings is 1. The molecule has 0 unspecified atom stereocenters. The van der Waals surface area contributed by atoms with E-state index in [1.807, 2.05) is 31.2 Å². The van der Waals surface area contributed by atoms with Crippen molar-refractivity contribution in [1.29, 1.82) is 0 Å². The van der Waals surface area contributed by atoms with Crippen LogP contribution in [0.5, 0.6) is 0 Å². The van der Waals surface area contributed by atoms with Gasteiger partial charge in [0.05, 0.1) is 0 Å². The summed E-state index contributed by atoms with van der Waals surface area (Å²) in [6, 6.07) is 9.24. The molecule has 0 aliphatic heterocycles. The Morgan fingerprint density at radius 3 is 2.85 bits per heavy atom. The van der Waals surface area contributed by atoms with Crippen LogP contribution in [-0.4, -0.2) is 10.9 Å². The van der Waals surface area contributed by atoms with Gasteiger partial charge in [0.15, 0.2) is 0 Å². The first-order valence-electron chi connectivity index (χ1n) is 6.77. The van der Waals surface area contributed by atoms with E-state index in [9.17, 15) is 9.59 Å². The normalized spacial score (nSPS) is 13.1. The molecule has 2 N–H and O–H groups in total. The molecule has 0 radical (unpaired) electrons. The van der Waals surface area contributed by atoms with Gasteiger partial charge in [-0.05, 0) is 49.4 Å². The van der Waals surface area contributed by atoms with Gasteiger partial charge in [-0.3, -0.25) is 9.59 Å². The largest absolute Gasteiger partial charge is 0.325 e. The maximum absolute atomic E-state index is 12.3. The highest BCUT2D eigenvalue weighted by Gasteiger charge is 2.18. The zero-order valence-electron chi connectivity index (χ0n) is 11.3. The first-order chi connectivity index (χ1) is 9.65. The summed E-state index contributed by atoms with van der Waals surface area (Å²) in [6.07, 6.45) is 2.86. The number of aromatic amines is 1. The third kappa shape index (κ3) is 2.25. The lowest BCUT2D eigenvalue weighted by Gasteiger charge is -2.08. The number of rotatable bonds is 2. The Morgan fingerprint density at radius 2 is 2.05 bits per heavy atom. The maximum atomic E-state index is 12.3. The Kier molecular flexibility index (Phi) is 3.14. The van der Waals surface area contributed by atoms with E-state index in [4.69, 9.17) is 0 Å². The molecule has 20 heavy (non-hydrogen) atoms. The van der Waals surface area contributed by atoms with Gasteiger partial charge in [0.25, 0.3) is 11.5 Å². The zero-order valence-corrected chi connectivity index (χ0v) is 11.3. The molecule has 1 aliphatic carbocycles. The molecule has 2 aromatic rings. The summed E-state index contributed by atoms with van der Waals surface area (Å²) in [4.78, 5) is 27.1. The number of fused-ring (bicyclic) bond motifs is 1. The quantitative estimate of drug-likeness (QED) is 0.878. The summed E-state index contributed by atoms with van der Waals surface area (Å²) in [7, 11) is 0. The Hall–Kier alpha value is -2.36. The minimum absolute atomic E-state index is 0.189. The highest BCUT2D eigenvalue weighted by atomic mass is 16.2. The predicted octanol–water partition coefficient (Wildman–Crippen LogP) is 2.42. The molecule has 102 valence electrons. The number of para-hydroxylation sites is 1. The van der Waals surface area contributed by atoms with E-state index in [-0.39, 0.29) is 17.0 Å². The number of nitrogens with one attached hydrogen (secondary N) is 2. The van der Waals surface area contributed by atoms with Crippen LogP contribution in [0.25, 0.3) is 0 Å². The van der Waals surface area contributed by atoms with E-state index in [0.29, 0.717) is 0 Å². The Morgan fingerprint density at radius 1 is 1.25 bits per heavy atom. The summed E-state index contributed by atoms with van der Waals surface area (Å²) in [5, 5.41) is 2.80. The van der Waals surface area contributed by atoms with Crippen LogP contribution >= 0.6 is 0 Å². The fraction of sp³-hybridized carbons (Fsp3) is 0.250. The van der Waals surface area contributed by atoms with Crippen molar-refractivity contribution in [2.24, 2.45) is 0 Å². The number of carbonyl (C=O) groups excluding carboxylic acids is 1. The van der Waals surface area contributed by atoms with E-state index < -0.39 is 0 Å². The van der Waals surface area contributed by atoms with E-state index in [1.54, 1.807) is 6.07 Å². The molecule has 0 bridgehead atoms. The van der Waals surface area contributed by atoms with Crippen LogP contribution < -0.4 is 10.9 Å². The van der Waals surface area contributed by atoms with Crippen molar-refractivity contribution in [3.63, 3.8) is 0 Å². The highest BCUT2D eigenvalue weighted by molar-refractivity contribution is 6.04. The lowest BCUT2D eigenvalue weighted by atomic mass is 10.1. The Balaban J connectivity index is 1.92. The SMILES string of the molecule is Cc1ccccc1NC(=O)c1cc2c([nH]c1=O)CCC2. The number of aryl methyl sites for hydroxylation is 3. The number of carbonyl (C=O) groups is 1. The lowest BCUT2D eigenvalue weighted by Crippen LogP contribution is -2.24. The summed E-state index contributed by atoms with van der Waals surface area (Å²) in [5.74, 6) is -0.352. The number of hydrogen-bond acceptors (Lipinski definition) is 2. The van der Waals surface area contributed by atoms with Crippen molar-refractivity contribution in [2.75, 3.05) is 5.32 Å². The van der Waals surface area contributed by atoms with Crippen LogP contribution in [0.4, 0.5) is 5.69 Å². The van der Waals surface area contributed by atoms with Gasteiger partial charge in [0.2, 0.25) is 0 Å². The third-order valence-corrected chi connectivity index (χ3v) is 3.73. The van der Waals surface area contributed by atoms with Crippen molar-refractivity contribution >= 4 is 11.6 Å². The predicted molar refractivity (Wildman–Crippen MR) is 78.2 cm³/mol. The van der Waals surface area contributed by atoms with E-state index in [1.165, 1.54) is 0 Å². The molecule has 1 heterocycles. The second-order valence-electron chi connectivity index (χ2n) is 5.14. The molecule has 4 nitrogen and oxygen atoms in total. The molecule has 1 aromatic heterocycles. The van der Waals surface area contributed by atoms with Crippen molar-refractivity contribution in [3.05, 3.63) is 63.1 Å². The summed E-state index contributed by atoms with van der Waals surface area (Å²) >= 11 is 0. The first-order valence-corrected chi connectivity index (χ1v) is 6.77. The van der Waals surface area contributed by atoms with Crippen molar-refractivity contribution < 1.29 is 4.79 Å². The Bertz CT molecular complexity index is 731. The third-order valence-electron chi connectivity index (χ3n) is 3.73. The molecule has 0 spiro atoms. The van der Waals surface area contributed by atoms with E-state index >= 15 is 0 Å². The van der Waals surface area contributed by atoms with E-state index in [0.717, 1.165) is 41.8 Å². The fourth-order valence-electron chi connectivity index (χ4n) is 2.58. The van der Waals surface area contributed by atoms with Gasteiger partial charge in [-0.15, -0.1) is 0 Å². The molecule has 3 rings (SSSR count). The van der Waals surface area contributed by atoms with Crippen molar-refractivity contribution in [2.45, 2.75) is 26.2 Å². The number of H-pyrrole nitrogens is 1. The molecule has 4 heteroatoms. The monoisotopic (exact) mass is 268 g/mol. The number of anilines is 1. The van der Waals surface area contributed by atoms with Gasteiger partial charge in [-0.25, -0.2) is 0 Å². The van der Waals surface area contributed by atoms with Gasteiger partial charge in [-0.2, -0.15) is 0 Å². The van der Waals surface area contributed by atoms with Crippen molar-refractivity contribution in [1.82, 2.24) is 4.98 Å². The number of amides is 1. The van der Waals surface area contributed by atoms with Crippen LogP contribution in [0.15, 0.2) is 35.1 Å².